The van der Waals surface area contributed by atoms with Crippen LogP contribution < -0.4 is 5.73 Å². The number of nitrogens with zero attached hydrogens (tertiary/aromatic N) is 1. The van der Waals surface area contributed by atoms with E-state index in [1.54, 1.807) is 0 Å². The Balaban J connectivity index is 2.64. The molecular formula is C12H26N2. The minimum absolute atomic E-state index is 0.440. The van der Waals surface area contributed by atoms with Crippen molar-refractivity contribution in [2.45, 2.75) is 40.5 Å². The first-order chi connectivity index (χ1) is 6.35. The normalized spacial score (nSPS) is 27.2. The molecule has 1 fully saturated rings. The number of likely N-dealkylation sites (tertiary alicyclic amines) is 1. The van der Waals surface area contributed by atoms with Crippen molar-refractivity contribution < 1.29 is 0 Å². The van der Waals surface area contributed by atoms with Crippen molar-refractivity contribution in [1.82, 2.24) is 4.90 Å². The molecule has 0 saturated carbocycles. The van der Waals surface area contributed by atoms with E-state index in [-0.39, 0.29) is 0 Å². The molecule has 1 aliphatic heterocycles. The number of rotatable bonds is 2. The second kappa shape index (κ2) is 4.19. The third-order valence-corrected chi connectivity index (χ3v) is 3.16. The Bertz CT molecular complexity index is 185. The lowest BCUT2D eigenvalue weighted by atomic mass is 9.75. The lowest BCUT2D eigenvalue weighted by Gasteiger charge is -2.32. The second-order valence-electron chi connectivity index (χ2n) is 6.32. The van der Waals surface area contributed by atoms with Gasteiger partial charge in [0.25, 0.3) is 0 Å². The van der Waals surface area contributed by atoms with Crippen molar-refractivity contribution in [1.29, 1.82) is 0 Å². The van der Waals surface area contributed by atoms with Crippen molar-refractivity contribution >= 4 is 0 Å². The highest BCUT2D eigenvalue weighted by Crippen LogP contribution is 2.39. The van der Waals surface area contributed by atoms with Gasteiger partial charge in [-0.25, -0.2) is 0 Å². The predicted molar refractivity (Wildman–Crippen MR) is 62.3 cm³/mol. The molecule has 0 aliphatic carbocycles. The third kappa shape index (κ3) is 3.58. The summed E-state index contributed by atoms with van der Waals surface area (Å²) in [6, 6.07) is 0. The lowest BCUT2D eigenvalue weighted by Crippen LogP contribution is -2.36. The summed E-state index contributed by atoms with van der Waals surface area (Å²) < 4.78 is 0. The van der Waals surface area contributed by atoms with Crippen LogP contribution in [0.5, 0.6) is 0 Å². The van der Waals surface area contributed by atoms with Crippen molar-refractivity contribution in [2.24, 2.45) is 16.6 Å². The monoisotopic (exact) mass is 198 g/mol. The van der Waals surface area contributed by atoms with E-state index in [2.05, 4.69) is 32.6 Å². The van der Waals surface area contributed by atoms with Crippen LogP contribution in [0.2, 0.25) is 0 Å². The summed E-state index contributed by atoms with van der Waals surface area (Å²) in [4.78, 5) is 2.52. The molecular weight excluding hydrogens is 172 g/mol. The predicted octanol–water partition coefficient (Wildman–Crippen LogP) is 2.09. The Morgan fingerprint density at radius 2 is 1.79 bits per heavy atom. The van der Waals surface area contributed by atoms with Crippen LogP contribution in [0, 0.1) is 10.8 Å². The van der Waals surface area contributed by atoms with E-state index in [0.717, 1.165) is 13.1 Å². The van der Waals surface area contributed by atoms with E-state index in [1.165, 1.54) is 25.9 Å². The van der Waals surface area contributed by atoms with Gasteiger partial charge in [0.15, 0.2) is 0 Å². The average molecular weight is 198 g/mol. The fraction of sp³-hybridized carbons (Fsp3) is 1.00. The molecule has 1 saturated heterocycles. The first-order valence-electron chi connectivity index (χ1n) is 5.77. The fourth-order valence-corrected chi connectivity index (χ4v) is 2.96. The Morgan fingerprint density at radius 3 is 2.36 bits per heavy atom. The first-order valence-corrected chi connectivity index (χ1v) is 5.77. The minimum atomic E-state index is 0.440. The summed E-state index contributed by atoms with van der Waals surface area (Å²) in [6.45, 7) is 13.8. The van der Waals surface area contributed by atoms with Gasteiger partial charge in [-0.1, -0.05) is 27.7 Å². The maximum absolute atomic E-state index is 5.62. The highest BCUT2D eigenvalue weighted by atomic mass is 15.1. The Morgan fingerprint density at radius 1 is 1.14 bits per heavy atom. The second-order valence-corrected chi connectivity index (χ2v) is 6.32. The van der Waals surface area contributed by atoms with Gasteiger partial charge in [-0.15, -0.1) is 0 Å². The summed E-state index contributed by atoms with van der Waals surface area (Å²) in [5, 5.41) is 0. The molecule has 14 heavy (non-hydrogen) atoms. The first kappa shape index (κ1) is 12.0. The molecule has 0 spiro atoms. The van der Waals surface area contributed by atoms with Gasteiger partial charge in [0.1, 0.15) is 0 Å². The number of hydrogen-bond acceptors (Lipinski definition) is 2. The number of nitrogens with two attached hydrogens (primary N) is 1. The molecule has 0 radical (unpaired) electrons. The van der Waals surface area contributed by atoms with E-state index in [0.29, 0.717) is 10.8 Å². The van der Waals surface area contributed by atoms with Crippen LogP contribution in [0.1, 0.15) is 40.5 Å². The quantitative estimate of drug-likeness (QED) is 0.736. The van der Waals surface area contributed by atoms with E-state index < -0.39 is 0 Å². The maximum atomic E-state index is 5.62. The average Bonchev–Trinajstić information content (AvgIpc) is 2.06. The molecule has 0 unspecified atom stereocenters. The zero-order chi connectivity index (χ0) is 10.8. The Labute approximate surface area is 88.8 Å². The summed E-state index contributed by atoms with van der Waals surface area (Å²) in [5.74, 6) is 0. The summed E-state index contributed by atoms with van der Waals surface area (Å²) in [6.07, 6.45) is 2.62. The lowest BCUT2D eigenvalue weighted by molar-refractivity contribution is 0.180. The Kier molecular flexibility index (Phi) is 3.59. The van der Waals surface area contributed by atoms with Crippen LogP contribution in [0.3, 0.4) is 0 Å². The molecule has 0 amide bonds. The summed E-state index contributed by atoms with van der Waals surface area (Å²) >= 11 is 0. The molecule has 2 heteroatoms. The van der Waals surface area contributed by atoms with Crippen LogP contribution in [-0.2, 0) is 0 Å². The fourth-order valence-electron chi connectivity index (χ4n) is 2.96. The molecule has 0 aromatic rings. The standard InChI is InChI=1S/C12H26N2/c1-11(2)5-7-14(8-6-13)10-12(3,4)9-11/h5-10,13H2,1-4H3. The molecule has 0 aromatic carbocycles. The van der Waals surface area contributed by atoms with Gasteiger partial charge in [0.05, 0.1) is 0 Å². The molecule has 1 rings (SSSR count). The molecule has 1 heterocycles. The van der Waals surface area contributed by atoms with Crippen molar-refractivity contribution in [3.8, 4) is 0 Å². The SMILES string of the molecule is CC1(C)CCN(CCN)CC(C)(C)C1. The van der Waals surface area contributed by atoms with Crippen molar-refractivity contribution in [3.05, 3.63) is 0 Å². The van der Waals surface area contributed by atoms with Gasteiger partial charge < -0.3 is 10.6 Å². The summed E-state index contributed by atoms with van der Waals surface area (Å²) in [5.41, 5.74) is 6.56. The molecule has 0 aromatic heterocycles. The molecule has 84 valence electrons. The smallest absolute Gasteiger partial charge is 0.0105 e. The van der Waals surface area contributed by atoms with Crippen LogP contribution in [-0.4, -0.2) is 31.1 Å². The molecule has 1 aliphatic rings. The maximum Gasteiger partial charge on any atom is 0.0105 e. The van der Waals surface area contributed by atoms with Crippen LogP contribution in [0.15, 0.2) is 0 Å². The number of hydrogen-bond donors (Lipinski definition) is 1. The van der Waals surface area contributed by atoms with Gasteiger partial charge in [-0.05, 0) is 30.2 Å². The third-order valence-electron chi connectivity index (χ3n) is 3.16. The largest absolute Gasteiger partial charge is 0.329 e. The Hall–Kier alpha value is -0.0800. The zero-order valence-electron chi connectivity index (χ0n) is 10.3. The molecule has 0 atom stereocenters. The van der Waals surface area contributed by atoms with Crippen molar-refractivity contribution in [2.75, 3.05) is 26.2 Å². The van der Waals surface area contributed by atoms with Gasteiger partial charge in [-0.3, -0.25) is 0 Å². The van der Waals surface area contributed by atoms with E-state index in [4.69, 9.17) is 5.73 Å². The van der Waals surface area contributed by atoms with E-state index in [1.807, 2.05) is 0 Å². The zero-order valence-corrected chi connectivity index (χ0v) is 10.3. The van der Waals surface area contributed by atoms with Crippen molar-refractivity contribution in [3.63, 3.8) is 0 Å². The van der Waals surface area contributed by atoms with Gasteiger partial charge in [-0.2, -0.15) is 0 Å². The van der Waals surface area contributed by atoms with Gasteiger partial charge >= 0.3 is 0 Å². The molecule has 0 bridgehead atoms. The molecule has 2 N–H and O–H groups in total. The van der Waals surface area contributed by atoms with Gasteiger partial charge in [0.2, 0.25) is 0 Å². The topological polar surface area (TPSA) is 29.3 Å². The highest BCUT2D eigenvalue weighted by molar-refractivity contribution is 4.86. The van der Waals surface area contributed by atoms with E-state index in [9.17, 15) is 0 Å². The highest BCUT2D eigenvalue weighted by Gasteiger charge is 2.33. The van der Waals surface area contributed by atoms with Crippen LogP contribution in [0.25, 0.3) is 0 Å². The summed E-state index contributed by atoms with van der Waals surface area (Å²) in [7, 11) is 0. The van der Waals surface area contributed by atoms with Crippen LogP contribution >= 0.6 is 0 Å². The minimum Gasteiger partial charge on any atom is -0.329 e. The van der Waals surface area contributed by atoms with Gasteiger partial charge in [0, 0.05) is 19.6 Å². The molecule has 2 nitrogen and oxygen atoms in total. The van der Waals surface area contributed by atoms with Crippen LogP contribution in [0.4, 0.5) is 0 Å². The van der Waals surface area contributed by atoms with E-state index >= 15 is 0 Å².